The summed E-state index contributed by atoms with van der Waals surface area (Å²) in [6.07, 6.45) is 3.84. The zero-order chi connectivity index (χ0) is 16.7. The maximum Gasteiger partial charge on any atom is 0.346 e. The quantitative estimate of drug-likeness (QED) is 0.493. The van der Waals surface area contributed by atoms with Crippen LogP contribution < -0.4 is 4.74 Å². The van der Waals surface area contributed by atoms with Gasteiger partial charge in [-0.15, -0.1) is 6.58 Å². The molecule has 4 heteroatoms. The number of carboxylic acid groups (broad SMARTS) is 1. The first-order chi connectivity index (χ1) is 11.1. The van der Waals surface area contributed by atoms with Gasteiger partial charge in [0.15, 0.2) is 0 Å². The van der Waals surface area contributed by atoms with Gasteiger partial charge in [-0.3, -0.25) is 0 Å². The summed E-state index contributed by atoms with van der Waals surface area (Å²) >= 11 is 0. The number of nitrogens with zero attached hydrogens (tertiary/aromatic N) is 1. The third-order valence-electron chi connectivity index (χ3n) is 3.11. The third-order valence-corrected chi connectivity index (χ3v) is 3.11. The normalized spacial score (nSPS) is 10.7. The second kappa shape index (κ2) is 7.62. The molecule has 0 aliphatic carbocycles. The minimum absolute atomic E-state index is 0.310. The van der Waals surface area contributed by atoms with Crippen LogP contribution in [0.15, 0.2) is 66.8 Å². The van der Waals surface area contributed by atoms with Crippen molar-refractivity contribution < 1.29 is 14.6 Å². The van der Waals surface area contributed by atoms with Crippen LogP contribution in [-0.2, 0) is 11.2 Å². The van der Waals surface area contributed by atoms with E-state index in [1.807, 2.05) is 30.3 Å². The summed E-state index contributed by atoms with van der Waals surface area (Å²) in [5.41, 5.74) is 1.34. The van der Waals surface area contributed by atoms with E-state index in [2.05, 4.69) is 6.58 Å². The van der Waals surface area contributed by atoms with Gasteiger partial charge < -0.3 is 9.84 Å². The largest absolute Gasteiger partial charge is 0.477 e. The van der Waals surface area contributed by atoms with Crippen molar-refractivity contribution in [3.05, 3.63) is 77.9 Å². The molecule has 2 rings (SSSR count). The first-order valence-electron chi connectivity index (χ1n) is 6.96. The van der Waals surface area contributed by atoms with Crippen LogP contribution in [0.2, 0.25) is 0 Å². The molecule has 0 heterocycles. The van der Waals surface area contributed by atoms with Crippen LogP contribution in [0.4, 0.5) is 0 Å². The Labute approximate surface area is 134 Å². The third kappa shape index (κ3) is 4.32. The Morgan fingerprint density at radius 1 is 1.22 bits per heavy atom. The molecule has 0 fully saturated rings. The maximum absolute atomic E-state index is 10.8. The van der Waals surface area contributed by atoms with Crippen molar-refractivity contribution in [3.63, 3.8) is 0 Å². The Balaban J connectivity index is 2.20. The molecule has 0 aromatic heterocycles. The number of para-hydroxylation sites is 1. The predicted octanol–water partition coefficient (Wildman–Crippen LogP) is 4.20. The molecule has 0 aliphatic heterocycles. The monoisotopic (exact) mass is 305 g/mol. The Hall–Kier alpha value is -3.32. The van der Waals surface area contributed by atoms with Crippen molar-refractivity contribution in [2.24, 2.45) is 0 Å². The molecule has 4 nitrogen and oxygen atoms in total. The summed E-state index contributed by atoms with van der Waals surface area (Å²) in [4.78, 5) is 10.8. The fourth-order valence-corrected chi connectivity index (χ4v) is 2.00. The van der Waals surface area contributed by atoms with Gasteiger partial charge in [-0.25, -0.2) is 4.79 Å². The van der Waals surface area contributed by atoms with Crippen molar-refractivity contribution in [2.75, 3.05) is 0 Å². The molecule has 114 valence electrons. The number of hydrogen-bond acceptors (Lipinski definition) is 3. The number of rotatable bonds is 6. The molecule has 0 bridgehead atoms. The second-order valence-electron chi connectivity index (χ2n) is 4.75. The fourth-order valence-electron chi connectivity index (χ4n) is 2.00. The Morgan fingerprint density at radius 2 is 1.91 bits per heavy atom. The zero-order valence-electron chi connectivity index (χ0n) is 12.4. The minimum Gasteiger partial charge on any atom is -0.477 e. The van der Waals surface area contributed by atoms with Crippen LogP contribution in [0.5, 0.6) is 11.5 Å². The smallest absolute Gasteiger partial charge is 0.346 e. The van der Waals surface area contributed by atoms with Gasteiger partial charge in [0, 0.05) is 0 Å². The minimum atomic E-state index is -1.24. The van der Waals surface area contributed by atoms with Gasteiger partial charge in [-0.05, 0) is 41.8 Å². The van der Waals surface area contributed by atoms with E-state index in [0.29, 0.717) is 17.7 Å². The van der Waals surface area contributed by atoms with Gasteiger partial charge in [0.05, 0.1) is 0 Å². The van der Waals surface area contributed by atoms with Crippen molar-refractivity contribution in [2.45, 2.75) is 6.42 Å². The molecule has 0 atom stereocenters. The van der Waals surface area contributed by atoms with Crippen molar-refractivity contribution in [1.29, 1.82) is 5.26 Å². The fraction of sp³-hybridized carbons (Fsp3) is 0.0526. The van der Waals surface area contributed by atoms with Crippen LogP contribution in [0, 0.1) is 11.3 Å². The number of nitriles is 1. The highest BCUT2D eigenvalue weighted by atomic mass is 16.5. The van der Waals surface area contributed by atoms with E-state index < -0.39 is 5.97 Å². The molecule has 0 saturated heterocycles. The molecule has 0 aliphatic rings. The molecule has 0 radical (unpaired) electrons. The molecule has 0 saturated carbocycles. The summed E-state index contributed by atoms with van der Waals surface area (Å²) in [7, 11) is 0. The van der Waals surface area contributed by atoms with E-state index in [1.54, 1.807) is 30.3 Å². The summed E-state index contributed by atoms with van der Waals surface area (Å²) in [5, 5.41) is 17.6. The lowest BCUT2D eigenvalue weighted by Crippen LogP contribution is -1.97. The van der Waals surface area contributed by atoms with Gasteiger partial charge in [0.25, 0.3) is 0 Å². The molecule has 1 N–H and O–H groups in total. The lowest BCUT2D eigenvalue weighted by molar-refractivity contribution is -0.132. The average molecular weight is 305 g/mol. The molecular weight excluding hydrogens is 290 g/mol. The number of allylic oxidation sites excluding steroid dienone is 1. The van der Waals surface area contributed by atoms with Gasteiger partial charge in [-0.2, -0.15) is 5.26 Å². The highest BCUT2D eigenvalue weighted by Crippen LogP contribution is 2.26. The van der Waals surface area contributed by atoms with E-state index in [0.717, 1.165) is 11.3 Å². The zero-order valence-corrected chi connectivity index (χ0v) is 12.4. The Bertz CT molecular complexity index is 783. The highest BCUT2D eigenvalue weighted by Gasteiger charge is 2.06. The summed E-state index contributed by atoms with van der Waals surface area (Å²) in [6, 6.07) is 16.2. The average Bonchev–Trinajstić information content (AvgIpc) is 2.56. The van der Waals surface area contributed by atoms with Crippen LogP contribution >= 0.6 is 0 Å². The van der Waals surface area contributed by atoms with Gasteiger partial charge >= 0.3 is 5.97 Å². The molecule has 23 heavy (non-hydrogen) atoms. The molecule has 0 amide bonds. The molecule has 2 aromatic carbocycles. The molecule has 2 aromatic rings. The first kappa shape index (κ1) is 16.1. The van der Waals surface area contributed by atoms with Crippen molar-refractivity contribution in [1.82, 2.24) is 0 Å². The van der Waals surface area contributed by atoms with E-state index in [-0.39, 0.29) is 5.57 Å². The molecule has 0 unspecified atom stereocenters. The number of carboxylic acids is 1. The number of hydrogen-bond donors (Lipinski definition) is 1. The summed E-state index contributed by atoms with van der Waals surface area (Å²) < 4.78 is 5.85. The summed E-state index contributed by atoms with van der Waals surface area (Å²) in [6.45, 7) is 3.73. The van der Waals surface area contributed by atoms with E-state index in [9.17, 15) is 4.79 Å². The van der Waals surface area contributed by atoms with Crippen LogP contribution in [0.3, 0.4) is 0 Å². The van der Waals surface area contributed by atoms with E-state index >= 15 is 0 Å². The highest BCUT2D eigenvalue weighted by molar-refractivity contribution is 5.96. The summed E-state index contributed by atoms with van der Waals surface area (Å²) in [5.74, 6) is 0.137. The van der Waals surface area contributed by atoms with Crippen molar-refractivity contribution in [3.8, 4) is 17.6 Å². The molecule has 0 spiro atoms. The van der Waals surface area contributed by atoms with E-state index in [1.165, 1.54) is 6.08 Å². The predicted molar refractivity (Wildman–Crippen MR) is 88.1 cm³/mol. The Kier molecular flexibility index (Phi) is 5.32. The topological polar surface area (TPSA) is 70.3 Å². The van der Waals surface area contributed by atoms with Gasteiger partial charge in [0.2, 0.25) is 0 Å². The number of carbonyl (C=O) groups is 1. The lowest BCUT2D eigenvalue weighted by Gasteiger charge is -2.10. The lowest BCUT2D eigenvalue weighted by atomic mass is 10.1. The standard InChI is InChI=1S/C19H15NO3/c1-2-5-15-6-3-4-7-18(15)23-17-10-8-14(9-11-17)12-16(13-20)19(21)22/h2-4,6-12H,1,5H2,(H,21,22). The van der Waals surface area contributed by atoms with Crippen LogP contribution in [-0.4, -0.2) is 11.1 Å². The van der Waals surface area contributed by atoms with E-state index in [4.69, 9.17) is 15.1 Å². The van der Waals surface area contributed by atoms with Gasteiger partial charge in [-0.1, -0.05) is 36.4 Å². The van der Waals surface area contributed by atoms with Crippen LogP contribution in [0.25, 0.3) is 6.08 Å². The number of benzene rings is 2. The second-order valence-corrected chi connectivity index (χ2v) is 4.75. The first-order valence-corrected chi connectivity index (χ1v) is 6.96. The van der Waals surface area contributed by atoms with Gasteiger partial charge in [0.1, 0.15) is 23.1 Å². The Morgan fingerprint density at radius 3 is 2.52 bits per heavy atom. The number of aliphatic carboxylic acids is 1. The maximum atomic E-state index is 10.8. The SMILES string of the molecule is C=CCc1ccccc1Oc1ccc(C=C(C#N)C(=O)O)cc1. The number of ether oxygens (including phenoxy) is 1. The van der Waals surface area contributed by atoms with Crippen LogP contribution in [0.1, 0.15) is 11.1 Å². The molecular formula is C19H15NO3. The van der Waals surface area contributed by atoms with Crippen molar-refractivity contribution >= 4 is 12.0 Å².